The molecule has 0 aliphatic carbocycles. The maximum atomic E-state index is 10.7. The Labute approximate surface area is 70.7 Å². The van der Waals surface area contributed by atoms with Crippen LogP contribution in [-0.2, 0) is 14.3 Å². The van der Waals surface area contributed by atoms with Crippen LogP contribution < -0.4 is 0 Å². The highest BCUT2D eigenvalue weighted by Gasteiger charge is 2.05. The molecule has 0 saturated carbocycles. The van der Waals surface area contributed by atoms with E-state index in [0.29, 0.717) is 6.61 Å². The largest absolute Gasteiger partial charge is 0.493 e. The molecule has 0 saturated heterocycles. The fraction of sp³-hybridized carbons (Fsp3) is 0.375. The van der Waals surface area contributed by atoms with Gasteiger partial charge in [-0.1, -0.05) is 5.73 Å². The molecule has 64 valence electrons. The van der Waals surface area contributed by atoms with Crippen LogP contribution in [0.2, 0.25) is 0 Å². The molecule has 0 heterocycles. The molecular formula is C8H9NO3. The van der Waals surface area contributed by atoms with E-state index >= 15 is 0 Å². The summed E-state index contributed by atoms with van der Waals surface area (Å²) in [7, 11) is 1.20. The van der Waals surface area contributed by atoms with E-state index in [2.05, 4.69) is 10.5 Å². The van der Waals surface area contributed by atoms with Crippen molar-refractivity contribution in [2.45, 2.75) is 6.92 Å². The van der Waals surface area contributed by atoms with Crippen molar-refractivity contribution in [2.24, 2.45) is 0 Å². The average molecular weight is 167 g/mol. The zero-order chi connectivity index (χ0) is 9.40. The molecule has 0 bridgehead atoms. The Balaban J connectivity index is 4.46. The van der Waals surface area contributed by atoms with Crippen molar-refractivity contribution < 1.29 is 14.3 Å². The van der Waals surface area contributed by atoms with Crippen LogP contribution in [0.1, 0.15) is 6.92 Å². The van der Waals surface area contributed by atoms with Gasteiger partial charge in [-0.2, -0.15) is 5.26 Å². The summed E-state index contributed by atoms with van der Waals surface area (Å²) in [5, 5.41) is 8.40. The van der Waals surface area contributed by atoms with Crippen molar-refractivity contribution in [1.82, 2.24) is 0 Å². The van der Waals surface area contributed by atoms with Crippen LogP contribution in [0.5, 0.6) is 0 Å². The van der Waals surface area contributed by atoms with Crippen LogP contribution in [-0.4, -0.2) is 19.7 Å². The van der Waals surface area contributed by atoms with Crippen LogP contribution in [0.3, 0.4) is 0 Å². The minimum atomic E-state index is -0.714. The number of rotatable bonds is 3. The molecule has 0 aliphatic heterocycles. The topological polar surface area (TPSA) is 59.3 Å². The smallest absolute Gasteiger partial charge is 0.356 e. The number of methoxy groups -OCH3 is 1. The minimum Gasteiger partial charge on any atom is -0.493 e. The Bertz CT molecular complexity index is 256. The van der Waals surface area contributed by atoms with Crippen LogP contribution >= 0.6 is 0 Å². The third-order valence-electron chi connectivity index (χ3n) is 0.955. The Morgan fingerprint density at radius 3 is 2.75 bits per heavy atom. The first-order chi connectivity index (χ1) is 5.76. The predicted octanol–water partition coefficient (Wildman–Crippen LogP) is 0.758. The molecular weight excluding hydrogens is 158 g/mol. The summed E-state index contributed by atoms with van der Waals surface area (Å²) in [6.45, 7) is 2.25. The molecule has 0 aromatic heterocycles. The van der Waals surface area contributed by atoms with E-state index in [1.807, 2.05) is 0 Å². The van der Waals surface area contributed by atoms with E-state index in [1.165, 1.54) is 7.11 Å². The monoisotopic (exact) mass is 167 g/mol. The van der Waals surface area contributed by atoms with E-state index in [4.69, 9.17) is 10.00 Å². The van der Waals surface area contributed by atoms with Crippen molar-refractivity contribution in [3.8, 4) is 6.07 Å². The zero-order valence-corrected chi connectivity index (χ0v) is 6.96. The summed E-state index contributed by atoms with van der Waals surface area (Å²) in [4.78, 5) is 10.7. The third-order valence-corrected chi connectivity index (χ3v) is 0.955. The first-order valence-corrected chi connectivity index (χ1v) is 3.31. The number of nitrogens with zero attached hydrogens (tertiary/aromatic N) is 1. The van der Waals surface area contributed by atoms with E-state index in [1.54, 1.807) is 13.0 Å². The number of nitriles is 1. The van der Waals surface area contributed by atoms with Crippen LogP contribution in [0.4, 0.5) is 0 Å². The molecule has 0 aliphatic rings. The molecule has 0 fully saturated rings. The molecule has 0 atom stereocenters. The standard InChI is InChI=1S/C8H9NO3/c1-3-12-5-4-7(6-9)8(10)11-2/h5H,3H2,1-2H3. The van der Waals surface area contributed by atoms with Crippen LogP contribution in [0, 0.1) is 11.3 Å². The van der Waals surface area contributed by atoms with Gasteiger partial charge in [-0.15, -0.1) is 0 Å². The second kappa shape index (κ2) is 6.02. The van der Waals surface area contributed by atoms with Gasteiger partial charge in [0.2, 0.25) is 0 Å². The first-order valence-electron chi connectivity index (χ1n) is 3.31. The van der Waals surface area contributed by atoms with Gasteiger partial charge < -0.3 is 9.47 Å². The normalized spacial score (nSPS) is 7.42. The number of hydrogen-bond donors (Lipinski definition) is 0. The van der Waals surface area contributed by atoms with Gasteiger partial charge in [-0.05, 0) is 6.92 Å². The lowest BCUT2D eigenvalue weighted by Crippen LogP contribution is -2.01. The van der Waals surface area contributed by atoms with Gasteiger partial charge in [0.15, 0.2) is 5.57 Å². The van der Waals surface area contributed by atoms with Crippen molar-refractivity contribution in [3.05, 3.63) is 17.6 Å². The summed E-state index contributed by atoms with van der Waals surface area (Å²) in [6, 6.07) is 1.63. The number of carbonyl (C=O) groups is 1. The van der Waals surface area contributed by atoms with Crippen molar-refractivity contribution in [3.63, 3.8) is 0 Å². The van der Waals surface area contributed by atoms with Gasteiger partial charge in [0.05, 0.1) is 13.7 Å². The van der Waals surface area contributed by atoms with Gasteiger partial charge >= 0.3 is 5.97 Å². The highest BCUT2D eigenvalue weighted by molar-refractivity contribution is 5.92. The molecule has 0 aromatic rings. The fourth-order valence-corrected chi connectivity index (χ4v) is 0.423. The number of ether oxygens (including phenoxy) is 2. The molecule has 0 rings (SSSR count). The molecule has 0 amide bonds. The van der Waals surface area contributed by atoms with Gasteiger partial charge in [-0.25, -0.2) is 4.79 Å². The minimum absolute atomic E-state index is 0.203. The first kappa shape index (κ1) is 10.3. The van der Waals surface area contributed by atoms with Crippen molar-refractivity contribution in [2.75, 3.05) is 13.7 Å². The van der Waals surface area contributed by atoms with Crippen molar-refractivity contribution in [1.29, 1.82) is 5.26 Å². The summed E-state index contributed by atoms with van der Waals surface area (Å²) < 4.78 is 9.04. The van der Waals surface area contributed by atoms with Crippen molar-refractivity contribution >= 4 is 5.97 Å². The van der Waals surface area contributed by atoms with Crippen LogP contribution in [0.25, 0.3) is 0 Å². The quantitative estimate of drug-likeness (QED) is 0.205. The molecule has 0 unspecified atom stereocenters. The average Bonchev–Trinajstić information content (AvgIpc) is 2.11. The number of hydrogen-bond acceptors (Lipinski definition) is 4. The lowest BCUT2D eigenvalue weighted by Gasteiger charge is -1.91. The highest BCUT2D eigenvalue weighted by Crippen LogP contribution is 1.92. The lowest BCUT2D eigenvalue weighted by molar-refractivity contribution is -0.135. The van der Waals surface area contributed by atoms with Crippen LogP contribution in [0.15, 0.2) is 17.6 Å². The lowest BCUT2D eigenvalue weighted by atomic mass is 10.3. The molecule has 4 heteroatoms. The second-order valence-electron chi connectivity index (χ2n) is 1.70. The van der Waals surface area contributed by atoms with Gasteiger partial charge in [-0.3, -0.25) is 0 Å². The fourth-order valence-electron chi connectivity index (χ4n) is 0.423. The Hall–Kier alpha value is -1.72. The van der Waals surface area contributed by atoms with E-state index in [9.17, 15) is 4.79 Å². The maximum Gasteiger partial charge on any atom is 0.356 e. The van der Waals surface area contributed by atoms with E-state index in [0.717, 1.165) is 6.26 Å². The summed E-state index contributed by atoms with van der Waals surface area (Å²) >= 11 is 0. The van der Waals surface area contributed by atoms with E-state index < -0.39 is 5.97 Å². The Kier molecular flexibility index (Phi) is 5.16. The molecule has 0 radical (unpaired) electrons. The third kappa shape index (κ3) is 3.45. The molecule has 12 heavy (non-hydrogen) atoms. The molecule has 0 N–H and O–H groups in total. The summed E-state index contributed by atoms with van der Waals surface area (Å²) in [5.41, 5.74) is 2.15. The summed E-state index contributed by atoms with van der Waals surface area (Å²) in [5.74, 6) is -0.714. The van der Waals surface area contributed by atoms with E-state index in [-0.39, 0.29) is 5.57 Å². The highest BCUT2D eigenvalue weighted by atomic mass is 16.5. The van der Waals surface area contributed by atoms with Gasteiger partial charge in [0.25, 0.3) is 0 Å². The Morgan fingerprint density at radius 1 is 1.67 bits per heavy atom. The number of carbonyl (C=O) groups excluding carboxylic acids is 1. The zero-order valence-electron chi connectivity index (χ0n) is 6.96. The maximum absolute atomic E-state index is 10.7. The molecule has 4 nitrogen and oxygen atoms in total. The van der Waals surface area contributed by atoms with Gasteiger partial charge in [0.1, 0.15) is 12.3 Å². The SMILES string of the molecule is CCOC=C=C(C#N)C(=O)OC. The molecule has 0 spiro atoms. The van der Waals surface area contributed by atoms with Gasteiger partial charge in [0, 0.05) is 0 Å². The molecule has 0 aromatic carbocycles. The Morgan fingerprint density at radius 2 is 2.33 bits per heavy atom. The predicted molar refractivity (Wildman–Crippen MR) is 40.9 cm³/mol. The summed E-state index contributed by atoms with van der Waals surface area (Å²) in [6.07, 6.45) is 1.16. The number of esters is 1. The second-order valence-corrected chi connectivity index (χ2v) is 1.70.